The van der Waals surface area contributed by atoms with Crippen LogP contribution in [0.25, 0.3) is 0 Å². The number of ether oxygens (including phenoxy) is 1. The zero-order chi connectivity index (χ0) is 19.4. The Balaban J connectivity index is 1.57. The number of anilines is 2. The van der Waals surface area contributed by atoms with Gasteiger partial charge in [-0.2, -0.15) is 0 Å². The topological polar surface area (TPSA) is 57.7 Å². The Morgan fingerprint density at radius 2 is 1.93 bits per heavy atom. The molecule has 0 unspecified atom stereocenters. The zero-order valence-electron chi connectivity index (χ0n) is 15.3. The Morgan fingerprint density at radius 1 is 1.19 bits per heavy atom. The monoisotopic (exact) mass is 408 g/mol. The summed E-state index contributed by atoms with van der Waals surface area (Å²) in [4.78, 5) is 21.4. The van der Waals surface area contributed by atoms with Gasteiger partial charge >= 0.3 is 0 Å². The molecule has 2 aromatic rings. The van der Waals surface area contributed by atoms with Crippen molar-refractivity contribution in [2.45, 2.75) is 13.0 Å². The highest BCUT2D eigenvalue weighted by atomic mass is 35.5. The summed E-state index contributed by atoms with van der Waals surface area (Å²) in [6, 6.07) is 8.64. The number of hydrogen-bond acceptors (Lipinski definition) is 5. The van der Waals surface area contributed by atoms with E-state index in [0.717, 1.165) is 32.0 Å². The lowest BCUT2D eigenvalue weighted by atomic mass is 10.3. The minimum absolute atomic E-state index is 0.282. The number of hydrogen-bond donors (Lipinski definition) is 1. The van der Waals surface area contributed by atoms with Gasteiger partial charge in [0.25, 0.3) is 5.91 Å². The third-order valence-electron chi connectivity index (χ3n) is 4.41. The van der Waals surface area contributed by atoms with Gasteiger partial charge in [-0.15, -0.1) is 0 Å². The number of rotatable bonds is 5. The number of aromatic nitrogens is 1. The van der Waals surface area contributed by atoms with Gasteiger partial charge in [-0.05, 0) is 44.3 Å². The van der Waals surface area contributed by atoms with Crippen LogP contribution >= 0.6 is 23.2 Å². The molecule has 2 heterocycles. The molecule has 6 nitrogen and oxygen atoms in total. The molecule has 1 fully saturated rings. The molecular weight excluding hydrogens is 387 g/mol. The van der Waals surface area contributed by atoms with E-state index >= 15 is 0 Å². The average Bonchev–Trinajstić information content (AvgIpc) is 2.65. The van der Waals surface area contributed by atoms with Crippen molar-refractivity contribution < 1.29 is 9.53 Å². The van der Waals surface area contributed by atoms with Crippen molar-refractivity contribution in [1.29, 1.82) is 0 Å². The highest BCUT2D eigenvalue weighted by molar-refractivity contribution is 6.35. The minimum Gasteiger partial charge on any atom is -0.479 e. The molecule has 1 aliphatic rings. The van der Waals surface area contributed by atoms with Crippen LogP contribution in [-0.2, 0) is 4.79 Å². The Kier molecular flexibility index (Phi) is 6.42. The number of halogens is 2. The number of carbonyl (C=O) groups excluding carboxylic acids is 1. The molecule has 3 rings (SSSR count). The van der Waals surface area contributed by atoms with Gasteiger partial charge in [0.1, 0.15) is 11.6 Å². The Hall–Kier alpha value is -2.02. The maximum atomic E-state index is 12.4. The molecule has 1 atom stereocenters. The Bertz CT molecular complexity index is 793. The SMILES string of the molecule is C[C@H](Oc1ccc(Cl)cc1Cl)C(=O)Nc1ccc(N2CCN(C)CC2)nc1. The first-order valence-electron chi connectivity index (χ1n) is 8.74. The smallest absolute Gasteiger partial charge is 0.265 e. The molecule has 8 heteroatoms. The largest absolute Gasteiger partial charge is 0.479 e. The summed E-state index contributed by atoms with van der Waals surface area (Å²) in [5.74, 6) is 1.04. The number of nitrogens with one attached hydrogen (secondary N) is 1. The van der Waals surface area contributed by atoms with E-state index in [1.165, 1.54) is 0 Å². The van der Waals surface area contributed by atoms with Crippen LogP contribution in [0.15, 0.2) is 36.5 Å². The number of pyridine rings is 1. The van der Waals surface area contributed by atoms with Gasteiger partial charge in [-0.25, -0.2) is 4.98 Å². The molecule has 1 amide bonds. The van der Waals surface area contributed by atoms with E-state index in [1.54, 1.807) is 31.3 Å². The second kappa shape index (κ2) is 8.78. The van der Waals surface area contributed by atoms with Crippen LogP contribution in [0.2, 0.25) is 10.0 Å². The minimum atomic E-state index is -0.721. The average molecular weight is 409 g/mol. The van der Waals surface area contributed by atoms with E-state index in [1.807, 2.05) is 12.1 Å². The van der Waals surface area contributed by atoms with Crippen LogP contribution in [0.4, 0.5) is 11.5 Å². The molecule has 0 aliphatic carbocycles. The number of likely N-dealkylation sites (N-methyl/N-ethyl adjacent to an activating group) is 1. The van der Waals surface area contributed by atoms with E-state index in [-0.39, 0.29) is 5.91 Å². The summed E-state index contributed by atoms with van der Waals surface area (Å²) in [5.41, 5.74) is 0.621. The van der Waals surface area contributed by atoms with Crippen molar-refractivity contribution in [3.63, 3.8) is 0 Å². The Labute approximate surface area is 169 Å². The second-order valence-corrected chi connectivity index (χ2v) is 7.36. The van der Waals surface area contributed by atoms with Crippen LogP contribution in [0, 0.1) is 0 Å². The third kappa shape index (κ3) is 5.25. The zero-order valence-corrected chi connectivity index (χ0v) is 16.8. The fourth-order valence-electron chi connectivity index (χ4n) is 2.74. The van der Waals surface area contributed by atoms with Crippen molar-refractivity contribution in [3.05, 3.63) is 46.6 Å². The lowest BCUT2D eigenvalue weighted by molar-refractivity contribution is -0.122. The summed E-state index contributed by atoms with van der Waals surface area (Å²) in [5, 5.41) is 3.68. The van der Waals surface area contributed by atoms with Crippen molar-refractivity contribution in [1.82, 2.24) is 9.88 Å². The first-order valence-corrected chi connectivity index (χ1v) is 9.50. The van der Waals surface area contributed by atoms with Crippen molar-refractivity contribution in [3.8, 4) is 5.75 Å². The van der Waals surface area contributed by atoms with Gasteiger partial charge in [0.05, 0.1) is 16.9 Å². The molecule has 0 bridgehead atoms. The maximum absolute atomic E-state index is 12.4. The summed E-state index contributed by atoms with van der Waals surface area (Å²) in [6.45, 7) is 5.58. The molecular formula is C19H22Cl2N4O2. The van der Waals surface area contributed by atoms with E-state index < -0.39 is 6.10 Å². The van der Waals surface area contributed by atoms with E-state index in [4.69, 9.17) is 27.9 Å². The number of carbonyl (C=O) groups is 1. The van der Waals surface area contributed by atoms with Gasteiger partial charge < -0.3 is 19.9 Å². The molecule has 1 N–H and O–H groups in total. The van der Waals surface area contributed by atoms with Crippen molar-refractivity contribution in [2.24, 2.45) is 0 Å². The lowest BCUT2D eigenvalue weighted by Gasteiger charge is -2.33. The molecule has 1 aromatic heterocycles. The molecule has 27 heavy (non-hydrogen) atoms. The number of benzene rings is 1. The highest BCUT2D eigenvalue weighted by Crippen LogP contribution is 2.28. The summed E-state index contributed by atoms with van der Waals surface area (Å²) < 4.78 is 5.63. The fraction of sp³-hybridized carbons (Fsp3) is 0.368. The second-order valence-electron chi connectivity index (χ2n) is 6.52. The number of nitrogens with zero attached hydrogens (tertiary/aromatic N) is 3. The first-order chi connectivity index (χ1) is 12.9. The van der Waals surface area contributed by atoms with Crippen molar-refractivity contribution >= 4 is 40.6 Å². The van der Waals surface area contributed by atoms with Gasteiger partial charge in [-0.3, -0.25) is 4.79 Å². The molecule has 1 aliphatic heterocycles. The summed E-state index contributed by atoms with van der Waals surface area (Å²) in [6.07, 6.45) is 0.939. The Morgan fingerprint density at radius 3 is 2.56 bits per heavy atom. The predicted molar refractivity (Wildman–Crippen MR) is 109 cm³/mol. The van der Waals surface area contributed by atoms with Crippen molar-refractivity contribution in [2.75, 3.05) is 43.4 Å². The molecule has 1 saturated heterocycles. The predicted octanol–water partition coefficient (Wildman–Crippen LogP) is 3.55. The number of piperazine rings is 1. The molecule has 144 valence electrons. The van der Waals surface area contributed by atoms with Crippen LogP contribution < -0.4 is 15.0 Å². The van der Waals surface area contributed by atoms with Crippen LogP contribution in [0.3, 0.4) is 0 Å². The van der Waals surface area contributed by atoms with E-state index in [9.17, 15) is 4.79 Å². The highest BCUT2D eigenvalue weighted by Gasteiger charge is 2.18. The molecule has 1 aromatic carbocycles. The summed E-state index contributed by atoms with van der Waals surface area (Å²) in [7, 11) is 2.11. The third-order valence-corrected chi connectivity index (χ3v) is 4.94. The van der Waals surface area contributed by atoms with Crippen LogP contribution in [0.1, 0.15) is 6.92 Å². The van der Waals surface area contributed by atoms with Gasteiger partial charge in [0, 0.05) is 31.2 Å². The quantitative estimate of drug-likeness (QED) is 0.819. The normalized spacial score (nSPS) is 16.1. The maximum Gasteiger partial charge on any atom is 0.265 e. The molecule has 0 radical (unpaired) electrons. The van der Waals surface area contributed by atoms with Gasteiger partial charge in [0.2, 0.25) is 0 Å². The van der Waals surface area contributed by atoms with Gasteiger partial charge in [-0.1, -0.05) is 23.2 Å². The molecule has 0 saturated carbocycles. The molecule has 0 spiro atoms. The van der Waals surface area contributed by atoms with Gasteiger partial charge in [0.15, 0.2) is 6.10 Å². The fourth-order valence-corrected chi connectivity index (χ4v) is 3.19. The van der Waals surface area contributed by atoms with E-state index in [2.05, 4.69) is 27.1 Å². The standard InChI is InChI=1S/C19H22Cl2N4O2/c1-13(27-17-5-3-14(20)11-16(17)21)19(26)23-15-4-6-18(22-12-15)25-9-7-24(2)8-10-25/h3-6,11-13H,7-10H2,1-2H3,(H,23,26)/t13-/m0/s1. The number of amides is 1. The lowest BCUT2D eigenvalue weighted by Crippen LogP contribution is -2.44. The van der Waals surface area contributed by atoms with Crippen LogP contribution in [0.5, 0.6) is 5.75 Å². The summed E-state index contributed by atoms with van der Waals surface area (Å²) >= 11 is 11.9. The van der Waals surface area contributed by atoms with E-state index in [0.29, 0.717) is 21.5 Å². The first kappa shape index (κ1) is 19.7. The van der Waals surface area contributed by atoms with Crippen LogP contribution in [-0.4, -0.2) is 55.1 Å².